The van der Waals surface area contributed by atoms with Crippen molar-refractivity contribution in [2.24, 2.45) is 5.41 Å². The number of nitrogens with zero attached hydrogens (tertiary/aromatic N) is 2. The van der Waals surface area contributed by atoms with Gasteiger partial charge in [-0.25, -0.2) is 4.98 Å². The summed E-state index contributed by atoms with van der Waals surface area (Å²) in [6, 6.07) is 16.6. The number of nitrogens with one attached hydrogen (secondary N) is 1. The molecule has 0 spiro atoms. The van der Waals surface area contributed by atoms with Crippen LogP contribution >= 0.6 is 11.3 Å². The Labute approximate surface area is 161 Å². The van der Waals surface area contributed by atoms with E-state index >= 15 is 0 Å². The van der Waals surface area contributed by atoms with Crippen LogP contribution in [0.2, 0.25) is 0 Å². The summed E-state index contributed by atoms with van der Waals surface area (Å²) in [6.07, 6.45) is 1.64. The number of anilines is 1. The summed E-state index contributed by atoms with van der Waals surface area (Å²) in [7, 11) is 0. The van der Waals surface area contributed by atoms with Gasteiger partial charge in [0.2, 0.25) is 5.91 Å². The summed E-state index contributed by atoms with van der Waals surface area (Å²) < 4.78 is 0. The minimum Gasteiger partial charge on any atom is -0.507 e. The number of carbonyl (C=O) groups excluding carboxylic acids is 1. The second-order valence-corrected chi connectivity index (χ2v) is 7.64. The number of thiazole rings is 1. The molecule has 0 saturated carbocycles. The van der Waals surface area contributed by atoms with Crippen molar-refractivity contribution >= 4 is 22.4 Å². The second-order valence-electron chi connectivity index (χ2n) is 6.75. The highest BCUT2D eigenvalue weighted by Gasteiger charge is 2.39. The van der Waals surface area contributed by atoms with Crippen molar-refractivity contribution < 1.29 is 9.90 Å². The smallest absolute Gasteiger partial charge is 0.232 e. The summed E-state index contributed by atoms with van der Waals surface area (Å²) in [5, 5.41) is 24.4. The van der Waals surface area contributed by atoms with Crippen LogP contribution in [-0.4, -0.2) is 16.0 Å². The van der Waals surface area contributed by atoms with Crippen molar-refractivity contribution in [2.45, 2.75) is 19.8 Å². The van der Waals surface area contributed by atoms with E-state index < -0.39 is 5.41 Å². The van der Waals surface area contributed by atoms with Crippen molar-refractivity contribution in [3.8, 4) is 11.8 Å². The standard InChI is InChI=1S/C21H19N3O2S/c1-21(2,19(26)24-20-23-10-11-27-20)18(14-6-4-3-5-7-14)15-8-9-17(25)16(12-15)13-22/h3-12,18,25H,1-2H3,(H,23,24,26)/t18-/m1/s1. The molecular weight excluding hydrogens is 358 g/mol. The maximum Gasteiger partial charge on any atom is 0.232 e. The van der Waals surface area contributed by atoms with Gasteiger partial charge in [0.05, 0.1) is 11.0 Å². The molecule has 136 valence electrons. The molecule has 1 amide bonds. The predicted octanol–water partition coefficient (Wildman–Crippen LogP) is 4.52. The zero-order valence-corrected chi connectivity index (χ0v) is 15.8. The summed E-state index contributed by atoms with van der Waals surface area (Å²) in [5.74, 6) is -0.553. The Balaban J connectivity index is 2.07. The van der Waals surface area contributed by atoms with E-state index in [9.17, 15) is 15.2 Å². The fourth-order valence-electron chi connectivity index (χ4n) is 3.17. The summed E-state index contributed by atoms with van der Waals surface area (Å²) >= 11 is 1.36. The number of aromatic nitrogens is 1. The highest BCUT2D eigenvalue weighted by Crippen LogP contribution is 2.42. The SMILES string of the molecule is CC(C)(C(=O)Nc1nccs1)[C@H](c1ccccc1)c1ccc(O)c(C#N)c1. The Morgan fingerprint density at radius 2 is 1.96 bits per heavy atom. The molecule has 2 N–H and O–H groups in total. The number of hydrogen-bond acceptors (Lipinski definition) is 5. The van der Waals surface area contributed by atoms with Gasteiger partial charge in [0.1, 0.15) is 11.8 Å². The van der Waals surface area contributed by atoms with Gasteiger partial charge in [-0.3, -0.25) is 4.79 Å². The number of aromatic hydroxyl groups is 1. The topological polar surface area (TPSA) is 86.0 Å². The van der Waals surface area contributed by atoms with Crippen LogP contribution in [0.5, 0.6) is 5.75 Å². The van der Waals surface area contributed by atoms with E-state index in [0.29, 0.717) is 5.13 Å². The minimum absolute atomic E-state index is 0.0712. The number of phenolic OH excluding ortho intramolecular Hbond substituents is 1. The number of carbonyl (C=O) groups is 1. The molecule has 1 aromatic heterocycles. The third-order valence-electron chi connectivity index (χ3n) is 4.57. The van der Waals surface area contributed by atoms with Crippen LogP contribution in [0.3, 0.4) is 0 Å². The molecule has 1 atom stereocenters. The van der Waals surface area contributed by atoms with Crippen LogP contribution in [0.25, 0.3) is 0 Å². The molecule has 0 bridgehead atoms. The summed E-state index contributed by atoms with van der Waals surface area (Å²) in [6.45, 7) is 3.74. The lowest BCUT2D eigenvalue weighted by Gasteiger charge is -2.34. The maximum atomic E-state index is 13.1. The molecular formula is C21H19N3O2S. The lowest BCUT2D eigenvalue weighted by atomic mass is 9.70. The van der Waals surface area contributed by atoms with Crippen LogP contribution in [0.4, 0.5) is 5.13 Å². The van der Waals surface area contributed by atoms with Crippen molar-refractivity contribution in [3.63, 3.8) is 0 Å². The van der Waals surface area contributed by atoms with E-state index in [1.54, 1.807) is 23.7 Å². The molecule has 3 aromatic rings. The van der Waals surface area contributed by atoms with Gasteiger partial charge in [-0.1, -0.05) is 50.2 Å². The van der Waals surface area contributed by atoms with Crippen LogP contribution in [0.15, 0.2) is 60.1 Å². The Morgan fingerprint density at radius 3 is 2.59 bits per heavy atom. The van der Waals surface area contributed by atoms with Crippen molar-refractivity contribution in [3.05, 3.63) is 76.8 Å². The van der Waals surface area contributed by atoms with Crippen molar-refractivity contribution in [2.75, 3.05) is 5.32 Å². The lowest BCUT2D eigenvalue weighted by molar-refractivity contribution is -0.124. The average molecular weight is 377 g/mol. The first-order valence-corrected chi connectivity index (χ1v) is 9.30. The predicted molar refractivity (Wildman–Crippen MR) is 106 cm³/mol. The van der Waals surface area contributed by atoms with Gasteiger partial charge < -0.3 is 10.4 Å². The highest BCUT2D eigenvalue weighted by atomic mass is 32.1. The van der Waals surface area contributed by atoms with Gasteiger partial charge in [-0.05, 0) is 23.3 Å². The summed E-state index contributed by atoms with van der Waals surface area (Å²) in [4.78, 5) is 17.2. The molecule has 6 heteroatoms. The maximum absolute atomic E-state index is 13.1. The van der Waals surface area contributed by atoms with Gasteiger partial charge in [0, 0.05) is 17.5 Å². The van der Waals surface area contributed by atoms with Crippen molar-refractivity contribution in [1.29, 1.82) is 5.26 Å². The first-order chi connectivity index (χ1) is 12.9. The number of benzene rings is 2. The van der Waals surface area contributed by atoms with E-state index in [4.69, 9.17) is 0 Å². The largest absolute Gasteiger partial charge is 0.507 e. The molecule has 0 fully saturated rings. The lowest BCUT2D eigenvalue weighted by Crippen LogP contribution is -2.37. The highest BCUT2D eigenvalue weighted by molar-refractivity contribution is 7.13. The number of amides is 1. The molecule has 0 aliphatic rings. The van der Waals surface area contributed by atoms with E-state index in [2.05, 4.69) is 10.3 Å². The number of hydrogen-bond donors (Lipinski definition) is 2. The molecule has 3 rings (SSSR count). The molecule has 0 unspecified atom stereocenters. The molecule has 0 aliphatic heterocycles. The van der Waals surface area contributed by atoms with Crippen LogP contribution in [-0.2, 0) is 4.79 Å². The van der Waals surface area contributed by atoms with E-state index in [-0.39, 0.29) is 23.1 Å². The third-order valence-corrected chi connectivity index (χ3v) is 5.26. The average Bonchev–Trinajstić information content (AvgIpc) is 3.17. The molecule has 0 saturated heterocycles. The molecule has 27 heavy (non-hydrogen) atoms. The molecule has 2 aromatic carbocycles. The van der Waals surface area contributed by atoms with Crippen LogP contribution < -0.4 is 5.32 Å². The molecule has 5 nitrogen and oxygen atoms in total. The van der Waals surface area contributed by atoms with Gasteiger partial charge in [0.25, 0.3) is 0 Å². The monoisotopic (exact) mass is 377 g/mol. The van der Waals surface area contributed by atoms with E-state index in [0.717, 1.165) is 11.1 Å². The minimum atomic E-state index is -0.837. The quantitative estimate of drug-likeness (QED) is 0.684. The van der Waals surface area contributed by atoms with Gasteiger partial charge in [-0.15, -0.1) is 11.3 Å². The van der Waals surface area contributed by atoms with E-state index in [1.807, 2.05) is 50.2 Å². The normalized spacial score (nSPS) is 12.2. The first-order valence-electron chi connectivity index (χ1n) is 8.42. The summed E-state index contributed by atoms with van der Waals surface area (Å²) in [5.41, 5.74) is 1.09. The van der Waals surface area contributed by atoms with Crippen LogP contribution in [0, 0.1) is 16.7 Å². The zero-order valence-electron chi connectivity index (χ0n) is 15.0. The molecule has 0 radical (unpaired) electrons. The fourth-order valence-corrected chi connectivity index (χ4v) is 3.69. The Kier molecular flexibility index (Phi) is 5.24. The van der Waals surface area contributed by atoms with Gasteiger partial charge >= 0.3 is 0 Å². The second kappa shape index (κ2) is 7.60. The van der Waals surface area contributed by atoms with Gasteiger partial charge in [0.15, 0.2) is 5.13 Å². The Bertz CT molecular complexity index is 976. The fraction of sp³-hybridized carbons (Fsp3) is 0.190. The first kappa shape index (κ1) is 18.6. The Morgan fingerprint density at radius 1 is 1.22 bits per heavy atom. The number of nitriles is 1. The van der Waals surface area contributed by atoms with E-state index in [1.165, 1.54) is 17.4 Å². The molecule has 1 heterocycles. The van der Waals surface area contributed by atoms with Crippen LogP contribution in [0.1, 0.15) is 36.5 Å². The number of phenols is 1. The third kappa shape index (κ3) is 3.83. The number of rotatable bonds is 5. The van der Waals surface area contributed by atoms with Gasteiger partial charge in [-0.2, -0.15) is 5.26 Å². The Hall–Kier alpha value is -3.17. The zero-order chi connectivity index (χ0) is 19.4. The van der Waals surface area contributed by atoms with Crippen molar-refractivity contribution in [1.82, 2.24) is 4.98 Å². The molecule has 0 aliphatic carbocycles.